The van der Waals surface area contributed by atoms with Gasteiger partial charge in [0, 0.05) is 26.9 Å². The Morgan fingerprint density at radius 1 is 0.771 bits per heavy atom. The molecule has 0 saturated heterocycles. The molecule has 2 aromatic carbocycles. The molecule has 0 amide bonds. The average Bonchev–Trinajstić information content (AvgIpc) is 2.84. The molecule has 0 saturated carbocycles. The molecule has 0 spiro atoms. The summed E-state index contributed by atoms with van der Waals surface area (Å²) in [6.07, 6.45) is 0.678. The van der Waals surface area contributed by atoms with Crippen LogP contribution in [0.4, 0.5) is 0 Å². The Bertz CT molecular complexity index is 1110. The zero-order valence-corrected chi connectivity index (χ0v) is 20.8. The molecule has 0 radical (unpaired) electrons. The van der Waals surface area contributed by atoms with Crippen LogP contribution in [0.1, 0.15) is 18.1 Å². The zero-order valence-electron chi connectivity index (χ0n) is 20.8. The largest absolute Gasteiger partial charge is 0.423 e. The number of benzene rings is 2. The molecule has 0 N–H and O–H groups in total. The molecule has 186 valence electrons. The first-order chi connectivity index (χ1) is 16.7. The topological polar surface area (TPSA) is 80.3 Å². The second kappa shape index (κ2) is 13.4. The molecule has 7 nitrogen and oxygen atoms in total. The van der Waals surface area contributed by atoms with Gasteiger partial charge in [0.05, 0.1) is 31.0 Å². The minimum Gasteiger partial charge on any atom is -0.423 e. The van der Waals surface area contributed by atoms with Crippen LogP contribution in [-0.2, 0) is 30.2 Å². The smallest absolute Gasteiger partial charge is 0.341 e. The number of hydrogen-bond acceptors (Lipinski definition) is 7. The van der Waals surface area contributed by atoms with Gasteiger partial charge < -0.3 is 23.7 Å². The normalized spacial score (nSPS) is 10.5. The summed E-state index contributed by atoms with van der Waals surface area (Å²) < 4.78 is 26.2. The van der Waals surface area contributed by atoms with Crippen molar-refractivity contribution >= 4 is 17.5 Å². The highest BCUT2D eigenvalue weighted by Gasteiger charge is 2.17. The van der Waals surface area contributed by atoms with Crippen LogP contribution in [0.25, 0.3) is 16.7 Å². The molecule has 0 aromatic heterocycles. The van der Waals surface area contributed by atoms with Crippen molar-refractivity contribution in [1.29, 1.82) is 0 Å². The Labute approximate surface area is 206 Å². The maximum absolute atomic E-state index is 12.5. The minimum absolute atomic E-state index is 0.0594. The fraction of sp³-hybridized carbons (Fsp3) is 0.286. The molecule has 0 aliphatic carbocycles. The predicted molar refractivity (Wildman–Crippen MR) is 135 cm³/mol. The Morgan fingerprint density at radius 3 is 1.94 bits per heavy atom. The van der Waals surface area contributed by atoms with Gasteiger partial charge in [0.15, 0.2) is 0 Å². The van der Waals surface area contributed by atoms with Crippen LogP contribution in [0, 0.1) is 0 Å². The molecule has 7 heteroatoms. The van der Waals surface area contributed by atoms with E-state index >= 15 is 0 Å². The van der Waals surface area contributed by atoms with E-state index in [1.807, 2.05) is 25.1 Å². The van der Waals surface area contributed by atoms with Crippen LogP contribution in [0.2, 0.25) is 0 Å². The molecular weight excluding hydrogens is 448 g/mol. The van der Waals surface area contributed by atoms with E-state index in [0.717, 1.165) is 16.7 Å². The third-order valence-corrected chi connectivity index (χ3v) is 5.08. The molecule has 2 rings (SSSR count). The quantitative estimate of drug-likeness (QED) is 0.232. The van der Waals surface area contributed by atoms with E-state index in [1.54, 1.807) is 25.3 Å². The van der Waals surface area contributed by atoms with E-state index in [4.69, 9.17) is 23.7 Å². The summed E-state index contributed by atoms with van der Waals surface area (Å²) in [4.78, 5) is 24.7. The first-order valence-electron chi connectivity index (χ1n) is 11.0. The predicted octanol–water partition coefficient (Wildman–Crippen LogP) is 4.79. The average molecular weight is 481 g/mol. The van der Waals surface area contributed by atoms with Gasteiger partial charge in [-0.3, -0.25) is 0 Å². The van der Waals surface area contributed by atoms with E-state index in [1.165, 1.54) is 14.2 Å². The van der Waals surface area contributed by atoms with Gasteiger partial charge in [-0.05, 0) is 46.9 Å². The SMILES string of the molecule is C=C(COC)C(=O)Oc1ccc(-c2ccc(C(=C)COC)c(OC(=O)C(=C)COC)c2)c(CC)c1. The van der Waals surface area contributed by atoms with Crippen LogP contribution >= 0.6 is 0 Å². The highest BCUT2D eigenvalue weighted by molar-refractivity contribution is 5.91. The number of hydrogen-bond donors (Lipinski definition) is 0. The van der Waals surface area contributed by atoms with Gasteiger partial charge in [-0.15, -0.1) is 0 Å². The minimum atomic E-state index is -0.593. The Balaban J connectivity index is 2.44. The summed E-state index contributed by atoms with van der Waals surface area (Å²) in [5.74, 6) is -0.404. The van der Waals surface area contributed by atoms with Gasteiger partial charge in [0.25, 0.3) is 0 Å². The fourth-order valence-electron chi connectivity index (χ4n) is 3.34. The van der Waals surface area contributed by atoms with Gasteiger partial charge >= 0.3 is 11.9 Å². The molecule has 0 bridgehead atoms. The Kier molecular flexibility index (Phi) is 10.6. The summed E-state index contributed by atoms with van der Waals surface area (Å²) in [5, 5.41) is 0. The van der Waals surface area contributed by atoms with Crippen molar-refractivity contribution in [1.82, 2.24) is 0 Å². The monoisotopic (exact) mass is 480 g/mol. The van der Waals surface area contributed by atoms with Crippen molar-refractivity contribution in [2.24, 2.45) is 0 Å². The zero-order chi connectivity index (χ0) is 26.0. The standard InChI is InChI=1S/C28H32O7/c1-8-21-13-23(34-27(29)19(3)16-32-6)10-12-25(21)22-9-11-24(18(2)15-31-5)26(14-22)35-28(30)20(4)17-33-7/h9-14H,2-4,8,15-17H2,1,5-7H3. The summed E-state index contributed by atoms with van der Waals surface area (Å²) in [6.45, 7) is 13.9. The lowest BCUT2D eigenvalue weighted by molar-refractivity contribution is -0.131. The summed E-state index contributed by atoms with van der Waals surface area (Å²) in [6, 6.07) is 10.9. The molecule has 0 aliphatic heterocycles. The summed E-state index contributed by atoms with van der Waals surface area (Å²) >= 11 is 0. The van der Waals surface area contributed by atoms with Crippen LogP contribution in [0.15, 0.2) is 67.3 Å². The van der Waals surface area contributed by atoms with Gasteiger partial charge in [-0.2, -0.15) is 0 Å². The second-order valence-electron chi connectivity index (χ2n) is 7.77. The van der Waals surface area contributed by atoms with Gasteiger partial charge in [-0.1, -0.05) is 44.9 Å². The number of carbonyl (C=O) groups excluding carboxylic acids is 2. The van der Waals surface area contributed by atoms with E-state index in [9.17, 15) is 9.59 Å². The number of ether oxygens (including phenoxy) is 5. The Morgan fingerprint density at radius 2 is 1.37 bits per heavy atom. The van der Waals surface area contributed by atoms with E-state index in [0.29, 0.717) is 29.1 Å². The molecule has 0 aliphatic rings. The lowest BCUT2D eigenvalue weighted by Gasteiger charge is -2.16. The number of esters is 2. The molecule has 0 fully saturated rings. The van der Waals surface area contributed by atoms with Crippen molar-refractivity contribution in [3.05, 3.63) is 78.4 Å². The fourth-order valence-corrected chi connectivity index (χ4v) is 3.34. The van der Waals surface area contributed by atoms with E-state index in [2.05, 4.69) is 19.7 Å². The number of methoxy groups -OCH3 is 3. The van der Waals surface area contributed by atoms with Crippen LogP contribution in [0.5, 0.6) is 11.5 Å². The van der Waals surface area contributed by atoms with Crippen molar-refractivity contribution in [3.63, 3.8) is 0 Å². The maximum Gasteiger partial charge on any atom is 0.341 e. The third kappa shape index (κ3) is 7.48. The number of rotatable bonds is 13. The number of aryl methyl sites for hydroxylation is 1. The van der Waals surface area contributed by atoms with Gasteiger partial charge in [0.1, 0.15) is 11.5 Å². The molecular formula is C28H32O7. The number of carbonyl (C=O) groups is 2. The molecule has 0 atom stereocenters. The third-order valence-electron chi connectivity index (χ3n) is 5.08. The lowest BCUT2D eigenvalue weighted by atomic mass is 9.95. The first kappa shape index (κ1) is 27.7. The lowest BCUT2D eigenvalue weighted by Crippen LogP contribution is -2.15. The second-order valence-corrected chi connectivity index (χ2v) is 7.77. The summed E-state index contributed by atoms with van der Waals surface area (Å²) in [7, 11) is 4.53. The molecule has 35 heavy (non-hydrogen) atoms. The molecule has 2 aromatic rings. The van der Waals surface area contributed by atoms with Crippen LogP contribution in [-0.4, -0.2) is 53.1 Å². The first-order valence-corrected chi connectivity index (χ1v) is 11.0. The highest BCUT2D eigenvalue weighted by Crippen LogP contribution is 2.34. The van der Waals surface area contributed by atoms with Crippen molar-refractivity contribution < 1.29 is 33.3 Å². The van der Waals surface area contributed by atoms with E-state index < -0.39 is 11.9 Å². The van der Waals surface area contributed by atoms with Gasteiger partial charge in [0.2, 0.25) is 0 Å². The maximum atomic E-state index is 12.5. The van der Waals surface area contributed by atoms with Crippen LogP contribution < -0.4 is 9.47 Å². The van der Waals surface area contributed by atoms with Crippen LogP contribution in [0.3, 0.4) is 0 Å². The molecule has 0 unspecified atom stereocenters. The van der Waals surface area contributed by atoms with Crippen molar-refractivity contribution in [2.75, 3.05) is 41.2 Å². The van der Waals surface area contributed by atoms with Crippen molar-refractivity contribution in [3.8, 4) is 22.6 Å². The highest BCUT2D eigenvalue weighted by atomic mass is 16.5. The Hall–Kier alpha value is -3.52. The molecule has 0 heterocycles. The van der Waals surface area contributed by atoms with Gasteiger partial charge in [-0.25, -0.2) is 9.59 Å². The van der Waals surface area contributed by atoms with E-state index in [-0.39, 0.29) is 31.0 Å². The van der Waals surface area contributed by atoms with Crippen molar-refractivity contribution in [2.45, 2.75) is 13.3 Å². The summed E-state index contributed by atoms with van der Waals surface area (Å²) in [5.41, 5.74) is 4.39.